The second-order valence-electron chi connectivity index (χ2n) is 12.6. The first-order valence-corrected chi connectivity index (χ1v) is 12.7. The first-order chi connectivity index (χ1) is 15.1. The molecular formula is C27H39N3O2. The molecule has 0 amide bonds. The van der Waals surface area contributed by atoms with Gasteiger partial charge >= 0.3 is 0 Å². The normalized spacial score (nSPS) is 47.8. The van der Waals surface area contributed by atoms with Crippen LogP contribution < -0.4 is 0 Å². The second-order valence-corrected chi connectivity index (χ2v) is 12.6. The number of aromatic nitrogens is 2. The van der Waals surface area contributed by atoms with Crippen LogP contribution in [0.3, 0.4) is 0 Å². The molecule has 4 aliphatic rings. The number of aliphatic hydroxyl groups is 1. The van der Waals surface area contributed by atoms with Crippen LogP contribution in [0.5, 0.6) is 0 Å². The molecule has 5 heteroatoms. The van der Waals surface area contributed by atoms with Gasteiger partial charge in [-0.1, -0.05) is 20.8 Å². The van der Waals surface area contributed by atoms with Crippen LogP contribution in [0.1, 0.15) is 84.6 Å². The number of rotatable bonds is 3. The van der Waals surface area contributed by atoms with Gasteiger partial charge < -0.3 is 5.11 Å². The van der Waals surface area contributed by atoms with Gasteiger partial charge in [0.05, 0.1) is 23.9 Å². The molecule has 32 heavy (non-hydrogen) atoms. The highest BCUT2D eigenvalue weighted by molar-refractivity contribution is 5.82. The molecule has 4 aliphatic carbocycles. The zero-order valence-electron chi connectivity index (χ0n) is 20.2. The van der Waals surface area contributed by atoms with E-state index in [4.69, 9.17) is 5.26 Å². The predicted molar refractivity (Wildman–Crippen MR) is 122 cm³/mol. The summed E-state index contributed by atoms with van der Waals surface area (Å²) in [5.41, 5.74) is 0.439. The summed E-state index contributed by atoms with van der Waals surface area (Å²) in [6, 6.07) is 2.10. The highest BCUT2D eigenvalue weighted by Crippen LogP contribution is 2.69. The molecule has 0 aromatic carbocycles. The molecule has 1 aromatic heterocycles. The minimum atomic E-state index is -0.497. The summed E-state index contributed by atoms with van der Waals surface area (Å²) in [6.45, 7) is 9.71. The van der Waals surface area contributed by atoms with Crippen molar-refractivity contribution in [3.8, 4) is 6.07 Å². The summed E-state index contributed by atoms with van der Waals surface area (Å²) in [5.74, 6) is 3.73. The Balaban J connectivity index is 1.37. The number of ketones is 1. The Morgan fingerprint density at radius 1 is 1.19 bits per heavy atom. The summed E-state index contributed by atoms with van der Waals surface area (Å²) in [7, 11) is 0. The van der Waals surface area contributed by atoms with Crippen LogP contribution in [-0.4, -0.2) is 26.3 Å². The van der Waals surface area contributed by atoms with Crippen LogP contribution in [0, 0.1) is 57.7 Å². The quantitative estimate of drug-likeness (QED) is 0.723. The van der Waals surface area contributed by atoms with Crippen LogP contribution >= 0.6 is 0 Å². The van der Waals surface area contributed by atoms with Crippen molar-refractivity contribution >= 4 is 5.78 Å². The molecule has 1 aromatic rings. The van der Waals surface area contributed by atoms with E-state index in [0.717, 1.165) is 38.0 Å². The summed E-state index contributed by atoms with van der Waals surface area (Å²) >= 11 is 0. The third kappa shape index (κ3) is 3.28. The van der Waals surface area contributed by atoms with Crippen LogP contribution in [-0.2, 0) is 11.3 Å². The highest BCUT2D eigenvalue weighted by Gasteiger charge is 2.63. The summed E-state index contributed by atoms with van der Waals surface area (Å²) in [4.78, 5) is 13.4. The molecular weight excluding hydrogens is 398 g/mol. The van der Waals surface area contributed by atoms with E-state index in [1.807, 2.05) is 6.92 Å². The number of hydrogen-bond acceptors (Lipinski definition) is 4. The molecule has 0 saturated heterocycles. The summed E-state index contributed by atoms with van der Waals surface area (Å²) in [6.07, 6.45) is 12.0. The third-order valence-electron chi connectivity index (χ3n) is 10.8. The predicted octanol–water partition coefficient (Wildman–Crippen LogP) is 4.98. The Morgan fingerprint density at radius 2 is 1.94 bits per heavy atom. The largest absolute Gasteiger partial charge is 0.390 e. The molecule has 1 N–H and O–H groups in total. The zero-order valence-corrected chi connectivity index (χ0v) is 20.2. The maximum absolute atomic E-state index is 13.4. The van der Waals surface area contributed by atoms with Gasteiger partial charge in [0.1, 0.15) is 6.07 Å². The van der Waals surface area contributed by atoms with Crippen molar-refractivity contribution < 1.29 is 9.90 Å². The van der Waals surface area contributed by atoms with Gasteiger partial charge in [0, 0.05) is 12.1 Å². The lowest BCUT2D eigenvalue weighted by Crippen LogP contribution is -2.58. The monoisotopic (exact) mass is 437 g/mol. The average Bonchev–Trinajstić information content (AvgIpc) is 3.32. The molecule has 0 bridgehead atoms. The Hall–Kier alpha value is -1.67. The van der Waals surface area contributed by atoms with Gasteiger partial charge in [-0.15, -0.1) is 0 Å². The molecule has 1 unspecified atom stereocenters. The van der Waals surface area contributed by atoms with E-state index in [1.54, 1.807) is 17.1 Å². The molecule has 1 heterocycles. The number of carbonyl (C=O) groups excluding carboxylic acids is 1. The lowest BCUT2D eigenvalue weighted by molar-refractivity contribution is -0.166. The minimum Gasteiger partial charge on any atom is -0.390 e. The second kappa shape index (κ2) is 7.42. The standard InChI is InChI=1S/C27H39N3O2/c1-17-11-19-12-25(2,32)9-10-26(19,3)22-7-8-27(4)20(5-6-21(27)24(17)22)23(31)16-30-15-18(13-28)14-29-30/h14-15,17,19-22,24,32H,5-12,16H2,1-4H3/t17?,19-,20+,21-,22-,24-,25+,26-,27+/m0/s1. The van der Waals surface area contributed by atoms with Crippen molar-refractivity contribution in [2.24, 2.45) is 46.3 Å². The third-order valence-corrected chi connectivity index (χ3v) is 10.8. The highest BCUT2D eigenvalue weighted by atomic mass is 16.3. The van der Waals surface area contributed by atoms with Gasteiger partial charge in [0.2, 0.25) is 0 Å². The smallest absolute Gasteiger partial charge is 0.157 e. The molecule has 4 saturated carbocycles. The minimum absolute atomic E-state index is 0.0844. The van der Waals surface area contributed by atoms with Crippen molar-refractivity contribution in [1.82, 2.24) is 9.78 Å². The number of hydrogen-bond donors (Lipinski definition) is 1. The molecule has 4 fully saturated rings. The lowest BCUT2D eigenvalue weighted by Gasteiger charge is -2.63. The van der Waals surface area contributed by atoms with E-state index in [1.165, 1.54) is 19.3 Å². The van der Waals surface area contributed by atoms with Gasteiger partial charge in [-0.2, -0.15) is 10.4 Å². The fourth-order valence-corrected chi connectivity index (χ4v) is 9.12. The molecule has 0 aliphatic heterocycles. The first kappa shape index (κ1) is 22.1. The van der Waals surface area contributed by atoms with Crippen molar-refractivity contribution in [3.63, 3.8) is 0 Å². The SMILES string of the molecule is CC1C[C@H]2C[C@](C)(O)CC[C@]2(C)[C@H]2CC[C@]3(C)[C@@H](C(=O)Cn4cc(C#N)cn4)CC[C@H]3[C@H]12. The van der Waals surface area contributed by atoms with Crippen LogP contribution in [0.2, 0.25) is 0 Å². The van der Waals surface area contributed by atoms with Crippen molar-refractivity contribution in [3.05, 3.63) is 18.0 Å². The molecule has 5 nitrogen and oxygen atoms in total. The van der Waals surface area contributed by atoms with E-state index < -0.39 is 5.60 Å². The van der Waals surface area contributed by atoms with E-state index in [-0.39, 0.29) is 17.9 Å². The number of carbonyl (C=O) groups is 1. The summed E-state index contributed by atoms with van der Waals surface area (Å²) < 4.78 is 1.64. The number of Topliss-reactive ketones (excluding diaryl/α,β-unsaturated/α-hetero) is 1. The van der Waals surface area contributed by atoms with Gasteiger partial charge in [-0.05, 0) is 98.7 Å². The summed E-state index contributed by atoms with van der Waals surface area (Å²) in [5, 5.41) is 24.1. The van der Waals surface area contributed by atoms with E-state index in [0.29, 0.717) is 40.4 Å². The van der Waals surface area contributed by atoms with Crippen LogP contribution in [0.25, 0.3) is 0 Å². The molecule has 174 valence electrons. The molecule has 0 radical (unpaired) electrons. The zero-order chi connectivity index (χ0) is 22.9. The maximum Gasteiger partial charge on any atom is 0.157 e. The lowest BCUT2D eigenvalue weighted by atomic mass is 9.42. The van der Waals surface area contributed by atoms with E-state index in [9.17, 15) is 9.90 Å². The van der Waals surface area contributed by atoms with Crippen molar-refractivity contribution in [1.29, 1.82) is 5.26 Å². The molecule has 5 rings (SSSR count). The van der Waals surface area contributed by atoms with Crippen molar-refractivity contribution in [2.45, 2.75) is 91.2 Å². The van der Waals surface area contributed by atoms with Gasteiger partial charge in [-0.25, -0.2) is 0 Å². The Bertz CT molecular complexity index is 945. The number of nitrogens with zero attached hydrogens (tertiary/aromatic N) is 3. The topological polar surface area (TPSA) is 78.9 Å². The molecule has 0 spiro atoms. The number of fused-ring (bicyclic) bond motifs is 5. The van der Waals surface area contributed by atoms with Crippen molar-refractivity contribution in [2.75, 3.05) is 0 Å². The maximum atomic E-state index is 13.4. The van der Waals surface area contributed by atoms with Gasteiger partial charge in [-0.3, -0.25) is 9.48 Å². The van der Waals surface area contributed by atoms with E-state index in [2.05, 4.69) is 31.9 Å². The van der Waals surface area contributed by atoms with Crippen LogP contribution in [0.4, 0.5) is 0 Å². The first-order valence-electron chi connectivity index (χ1n) is 12.7. The molecule has 9 atom stereocenters. The van der Waals surface area contributed by atoms with Crippen LogP contribution in [0.15, 0.2) is 12.4 Å². The van der Waals surface area contributed by atoms with Gasteiger partial charge in [0.15, 0.2) is 5.78 Å². The Kier molecular flexibility index (Phi) is 5.13. The number of nitriles is 1. The fraction of sp³-hybridized carbons (Fsp3) is 0.815. The van der Waals surface area contributed by atoms with Gasteiger partial charge in [0.25, 0.3) is 0 Å². The van der Waals surface area contributed by atoms with E-state index >= 15 is 0 Å². The Labute approximate surface area is 192 Å². The Morgan fingerprint density at radius 3 is 2.66 bits per heavy atom. The average molecular weight is 438 g/mol. The fourth-order valence-electron chi connectivity index (χ4n) is 9.12.